The summed E-state index contributed by atoms with van der Waals surface area (Å²) in [6.45, 7) is 4.80. The fraction of sp³-hybridized carbons (Fsp3) is 0.0690. The Morgan fingerprint density at radius 1 is 0.350 bits per heavy atom. The average molecular weight is 780 g/mol. The van der Waals surface area contributed by atoms with Gasteiger partial charge in [-0.15, -0.1) is 0 Å². The Labute approximate surface area is 352 Å². The van der Waals surface area contributed by atoms with Gasteiger partial charge in [-0.2, -0.15) is 0 Å². The Bertz CT molecular complexity index is 3170. The van der Waals surface area contributed by atoms with Crippen LogP contribution in [0.4, 0.5) is 17.1 Å². The first kappa shape index (κ1) is 33.9. The highest BCUT2D eigenvalue weighted by Gasteiger charge is 2.56. The molecule has 1 unspecified atom stereocenters. The number of benzene rings is 9. The maximum Gasteiger partial charge on any atom is 0.182 e. The largest absolute Gasteiger partial charge is 0.310 e. The minimum Gasteiger partial charge on any atom is -0.310 e. The standard InChI is InChI=1S/C58H41NSi/c1-57(2)44-24-8-10-26-46(44)58(47-27-11-9-25-45(47)57)48-28-12-14-30-50(48)59(51-31-15-13-29-49(51)58)39-35-36-42-41-21-6-16-32-52(41)60(55(42)37-39)53-33-17-7-22-43(53)56-40(23-18-34-54(56)60)38-19-4-3-5-20-38/h3-37H,1-2H3. The Balaban J connectivity index is 1.10. The molecule has 0 saturated carbocycles. The van der Waals surface area contributed by atoms with Crippen LogP contribution in [0.5, 0.6) is 0 Å². The summed E-state index contributed by atoms with van der Waals surface area (Å²) in [7, 11) is -2.77. The number of hydrogen-bond acceptors (Lipinski definition) is 1. The quantitative estimate of drug-likeness (QED) is 0.158. The highest BCUT2D eigenvalue weighted by atomic mass is 28.3. The maximum absolute atomic E-state index is 2.77. The molecule has 1 atom stereocenters. The van der Waals surface area contributed by atoms with Crippen molar-refractivity contribution in [3.8, 4) is 33.4 Å². The van der Waals surface area contributed by atoms with Crippen LogP contribution >= 0.6 is 0 Å². The first-order valence-electron chi connectivity index (χ1n) is 21.3. The molecule has 3 heterocycles. The third-order valence-electron chi connectivity index (χ3n) is 14.5. The Morgan fingerprint density at radius 3 is 1.47 bits per heavy atom. The van der Waals surface area contributed by atoms with E-state index in [2.05, 4.69) is 231 Å². The van der Waals surface area contributed by atoms with Crippen molar-refractivity contribution >= 4 is 45.9 Å². The molecule has 0 fully saturated rings. The van der Waals surface area contributed by atoms with Crippen LogP contribution in [0.3, 0.4) is 0 Å². The van der Waals surface area contributed by atoms with E-state index in [1.807, 2.05) is 0 Å². The SMILES string of the molecule is CC1(C)c2ccccc2C2(c3ccccc3N(c3ccc4c(c3)[Si]3(c5ccccc5-4)c4ccccc4-c4c(-c5ccccc5)cccc43)c3ccccc32)c2ccccc21. The van der Waals surface area contributed by atoms with Crippen molar-refractivity contribution in [1.29, 1.82) is 0 Å². The van der Waals surface area contributed by atoms with Crippen LogP contribution < -0.4 is 25.6 Å². The van der Waals surface area contributed by atoms with E-state index >= 15 is 0 Å². The lowest BCUT2D eigenvalue weighted by Crippen LogP contribution is -2.70. The van der Waals surface area contributed by atoms with Crippen LogP contribution in [-0.2, 0) is 10.8 Å². The summed E-state index contributed by atoms with van der Waals surface area (Å²) in [5, 5.41) is 5.95. The van der Waals surface area contributed by atoms with Gasteiger partial charge in [-0.25, -0.2) is 0 Å². The van der Waals surface area contributed by atoms with Gasteiger partial charge in [0.1, 0.15) is 0 Å². The smallest absolute Gasteiger partial charge is 0.182 e. The lowest BCUT2D eigenvalue weighted by molar-refractivity contribution is 0.556. The van der Waals surface area contributed by atoms with Gasteiger partial charge in [0.05, 0.1) is 16.8 Å². The second-order valence-corrected chi connectivity index (χ2v) is 21.2. The van der Waals surface area contributed by atoms with E-state index in [0.717, 1.165) is 0 Å². The van der Waals surface area contributed by atoms with Crippen LogP contribution in [0, 0.1) is 0 Å². The first-order valence-corrected chi connectivity index (χ1v) is 23.3. The molecule has 1 aliphatic carbocycles. The lowest BCUT2D eigenvalue weighted by Gasteiger charge is -2.52. The number of fused-ring (bicyclic) bond motifs is 18. The summed E-state index contributed by atoms with van der Waals surface area (Å²) >= 11 is 0. The zero-order valence-corrected chi connectivity index (χ0v) is 34.7. The van der Waals surface area contributed by atoms with Gasteiger partial charge in [0.25, 0.3) is 0 Å². The normalized spacial score (nSPS) is 17.5. The summed E-state index contributed by atoms with van der Waals surface area (Å²) in [6.07, 6.45) is 0. The molecule has 0 aromatic heterocycles. The van der Waals surface area contributed by atoms with Crippen molar-refractivity contribution in [3.05, 3.63) is 246 Å². The second kappa shape index (κ2) is 12.0. The van der Waals surface area contributed by atoms with Gasteiger partial charge in [-0.05, 0) is 112 Å². The molecular formula is C58H41NSi. The first-order chi connectivity index (χ1) is 29.6. The molecular weight excluding hydrogens is 739 g/mol. The fourth-order valence-electron chi connectivity index (χ4n) is 12.3. The highest BCUT2D eigenvalue weighted by Crippen LogP contribution is 2.62. The molecule has 282 valence electrons. The Morgan fingerprint density at radius 2 is 0.817 bits per heavy atom. The Kier molecular flexibility index (Phi) is 6.80. The topological polar surface area (TPSA) is 3.24 Å². The number of rotatable bonds is 2. The molecule has 4 aliphatic rings. The van der Waals surface area contributed by atoms with E-state index in [1.54, 1.807) is 0 Å². The van der Waals surface area contributed by atoms with Crippen molar-refractivity contribution in [3.63, 3.8) is 0 Å². The molecule has 2 heteroatoms. The van der Waals surface area contributed by atoms with Gasteiger partial charge in [0.15, 0.2) is 8.07 Å². The van der Waals surface area contributed by atoms with E-state index in [9.17, 15) is 0 Å². The van der Waals surface area contributed by atoms with Crippen molar-refractivity contribution < 1.29 is 0 Å². The molecule has 9 aromatic rings. The molecule has 3 aliphatic heterocycles. The number of anilines is 3. The molecule has 9 aromatic carbocycles. The summed E-state index contributed by atoms with van der Waals surface area (Å²) < 4.78 is 0. The molecule has 1 nitrogen and oxygen atoms in total. The fourth-order valence-corrected chi connectivity index (χ4v) is 17.9. The predicted octanol–water partition coefficient (Wildman–Crippen LogP) is 11.5. The molecule has 0 radical (unpaired) electrons. The zero-order chi connectivity index (χ0) is 39.8. The van der Waals surface area contributed by atoms with Gasteiger partial charge in [0, 0.05) is 11.1 Å². The molecule has 0 bridgehead atoms. The van der Waals surface area contributed by atoms with E-state index in [-0.39, 0.29) is 5.41 Å². The van der Waals surface area contributed by atoms with E-state index in [0.29, 0.717) is 0 Å². The van der Waals surface area contributed by atoms with E-state index in [1.165, 1.54) is 105 Å². The molecule has 0 N–H and O–H groups in total. The maximum atomic E-state index is 2.60. The monoisotopic (exact) mass is 779 g/mol. The highest BCUT2D eigenvalue weighted by molar-refractivity contribution is 7.24. The lowest BCUT2D eigenvalue weighted by atomic mass is 9.53. The van der Waals surface area contributed by atoms with Crippen LogP contribution in [0.25, 0.3) is 33.4 Å². The van der Waals surface area contributed by atoms with Gasteiger partial charge in [-0.3, -0.25) is 0 Å². The summed E-state index contributed by atoms with van der Waals surface area (Å²) in [5.74, 6) is 0. The summed E-state index contributed by atoms with van der Waals surface area (Å²) in [4.78, 5) is 2.58. The van der Waals surface area contributed by atoms with E-state index < -0.39 is 13.5 Å². The van der Waals surface area contributed by atoms with Crippen LogP contribution in [0.1, 0.15) is 47.2 Å². The van der Waals surface area contributed by atoms with Crippen molar-refractivity contribution in [1.82, 2.24) is 0 Å². The number of hydrogen-bond donors (Lipinski definition) is 0. The van der Waals surface area contributed by atoms with Crippen molar-refractivity contribution in [2.75, 3.05) is 4.90 Å². The average Bonchev–Trinajstić information content (AvgIpc) is 3.78. The molecule has 13 rings (SSSR count). The van der Waals surface area contributed by atoms with Gasteiger partial charge < -0.3 is 4.90 Å². The predicted molar refractivity (Wildman–Crippen MR) is 252 cm³/mol. The number of para-hydroxylation sites is 2. The second-order valence-electron chi connectivity index (χ2n) is 17.5. The zero-order valence-electron chi connectivity index (χ0n) is 33.7. The minimum absolute atomic E-state index is 0.151. The molecule has 0 amide bonds. The summed E-state index contributed by atoms with van der Waals surface area (Å²) in [5.41, 5.74) is 19.2. The third kappa shape index (κ3) is 4.02. The van der Waals surface area contributed by atoms with Gasteiger partial charge >= 0.3 is 0 Å². The number of nitrogens with zero attached hydrogens (tertiary/aromatic N) is 1. The van der Waals surface area contributed by atoms with Gasteiger partial charge in [0.2, 0.25) is 0 Å². The summed E-state index contributed by atoms with van der Waals surface area (Å²) in [6, 6.07) is 81.1. The molecule has 2 spiro atoms. The molecule has 0 saturated heterocycles. The van der Waals surface area contributed by atoms with Crippen LogP contribution in [-0.4, -0.2) is 8.07 Å². The van der Waals surface area contributed by atoms with Gasteiger partial charge in [-0.1, -0.05) is 202 Å². The van der Waals surface area contributed by atoms with Crippen molar-refractivity contribution in [2.24, 2.45) is 0 Å². The molecule has 60 heavy (non-hydrogen) atoms. The van der Waals surface area contributed by atoms with Crippen molar-refractivity contribution in [2.45, 2.75) is 24.7 Å². The van der Waals surface area contributed by atoms with E-state index in [4.69, 9.17) is 0 Å². The van der Waals surface area contributed by atoms with Crippen LogP contribution in [0.2, 0.25) is 0 Å². The third-order valence-corrected chi connectivity index (χ3v) is 19.5. The Hall–Kier alpha value is -7.00. The minimum atomic E-state index is -2.77. The van der Waals surface area contributed by atoms with Crippen LogP contribution in [0.15, 0.2) is 212 Å².